The van der Waals surface area contributed by atoms with Gasteiger partial charge in [-0.25, -0.2) is 0 Å². The van der Waals surface area contributed by atoms with Crippen molar-refractivity contribution in [2.45, 2.75) is 44.2 Å². The van der Waals surface area contributed by atoms with Gasteiger partial charge in [-0.1, -0.05) is 12.8 Å². The highest BCUT2D eigenvalue weighted by molar-refractivity contribution is 5.43. The van der Waals surface area contributed by atoms with Crippen molar-refractivity contribution >= 4 is 5.69 Å². The monoisotopic (exact) mass is 278 g/mol. The maximum atomic E-state index is 5.11. The fourth-order valence-corrected chi connectivity index (χ4v) is 3.55. The van der Waals surface area contributed by atoms with Crippen molar-refractivity contribution < 1.29 is 4.74 Å². The summed E-state index contributed by atoms with van der Waals surface area (Å²) in [6.45, 7) is 4.95. The molecule has 1 saturated heterocycles. The van der Waals surface area contributed by atoms with Gasteiger partial charge in [0.2, 0.25) is 0 Å². The first-order valence-electron chi connectivity index (χ1n) is 7.83. The SMILES string of the molecule is COCCn1cc(N2CCCNC3(CCCC3)C2)cn1. The first-order valence-corrected chi connectivity index (χ1v) is 7.83. The Balaban J connectivity index is 1.69. The van der Waals surface area contributed by atoms with Crippen LogP contribution in [0, 0.1) is 0 Å². The quantitative estimate of drug-likeness (QED) is 0.909. The molecule has 5 nitrogen and oxygen atoms in total. The Morgan fingerprint density at radius 2 is 2.20 bits per heavy atom. The molecular formula is C15H26N4O. The molecule has 1 spiro atoms. The molecule has 3 rings (SSSR count). The number of rotatable bonds is 4. The summed E-state index contributed by atoms with van der Waals surface area (Å²) < 4.78 is 7.10. The van der Waals surface area contributed by atoms with Gasteiger partial charge in [-0.2, -0.15) is 5.10 Å². The highest BCUT2D eigenvalue weighted by atomic mass is 16.5. The van der Waals surface area contributed by atoms with E-state index in [-0.39, 0.29) is 0 Å². The van der Waals surface area contributed by atoms with Gasteiger partial charge < -0.3 is 15.0 Å². The zero-order chi connectivity index (χ0) is 13.8. The van der Waals surface area contributed by atoms with Crippen molar-refractivity contribution in [2.75, 3.05) is 38.3 Å². The Kier molecular flexibility index (Phi) is 4.27. The second-order valence-electron chi connectivity index (χ2n) is 6.14. The van der Waals surface area contributed by atoms with Crippen LogP contribution in [0.4, 0.5) is 5.69 Å². The number of aromatic nitrogens is 2. The zero-order valence-electron chi connectivity index (χ0n) is 12.5. The van der Waals surface area contributed by atoms with Gasteiger partial charge in [0.15, 0.2) is 0 Å². The van der Waals surface area contributed by atoms with E-state index in [1.807, 2.05) is 10.9 Å². The second kappa shape index (κ2) is 6.14. The molecule has 2 heterocycles. The van der Waals surface area contributed by atoms with Gasteiger partial charge in [-0.3, -0.25) is 4.68 Å². The molecule has 0 bridgehead atoms. The summed E-state index contributed by atoms with van der Waals surface area (Å²) in [7, 11) is 1.73. The molecule has 5 heteroatoms. The number of hydrogen-bond donors (Lipinski definition) is 1. The maximum absolute atomic E-state index is 5.11. The van der Waals surface area contributed by atoms with Crippen molar-refractivity contribution in [3.63, 3.8) is 0 Å². The molecule has 1 saturated carbocycles. The van der Waals surface area contributed by atoms with Crippen molar-refractivity contribution in [3.8, 4) is 0 Å². The third-order valence-corrected chi connectivity index (χ3v) is 4.67. The lowest BCUT2D eigenvalue weighted by atomic mass is 9.97. The lowest BCUT2D eigenvalue weighted by Crippen LogP contribution is -2.49. The first kappa shape index (κ1) is 13.9. The lowest BCUT2D eigenvalue weighted by Gasteiger charge is -2.33. The number of hydrogen-bond acceptors (Lipinski definition) is 4. The summed E-state index contributed by atoms with van der Waals surface area (Å²) in [6.07, 6.45) is 10.8. The van der Waals surface area contributed by atoms with Crippen LogP contribution in [0.2, 0.25) is 0 Å². The van der Waals surface area contributed by atoms with E-state index in [4.69, 9.17) is 4.74 Å². The number of methoxy groups -OCH3 is 1. The van der Waals surface area contributed by atoms with Crippen LogP contribution in [-0.4, -0.2) is 48.7 Å². The maximum Gasteiger partial charge on any atom is 0.0753 e. The molecule has 112 valence electrons. The Morgan fingerprint density at radius 3 is 3.00 bits per heavy atom. The third kappa shape index (κ3) is 2.99. The fraction of sp³-hybridized carbons (Fsp3) is 0.800. The Morgan fingerprint density at radius 1 is 1.35 bits per heavy atom. The van der Waals surface area contributed by atoms with Gasteiger partial charge in [-0.05, 0) is 25.8 Å². The van der Waals surface area contributed by atoms with Gasteiger partial charge in [0.05, 0.1) is 25.0 Å². The highest BCUT2D eigenvalue weighted by Crippen LogP contribution is 2.33. The summed E-state index contributed by atoms with van der Waals surface area (Å²) in [5.41, 5.74) is 1.61. The van der Waals surface area contributed by atoms with E-state index in [1.165, 1.54) is 37.8 Å². The molecule has 2 fully saturated rings. The summed E-state index contributed by atoms with van der Waals surface area (Å²) in [5.74, 6) is 0. The number of anilines is 1. The normalized spacial score (nSPS) is 22.4. The predicted molar refractivity (Wildman–Crippen MR) is 80.1 cm³/mol. The van der Waals surface area contributed by atoms with E-state index in [0.717, 1.165) is 26.2 Å². The first-order chi connectivity index (χ1) is 9.81. The molecule has 0 unspecified atom stereocenters. The molecular weight excluding hydrogens is 252 g/mol. The minimum absolute atomic E-state index is 0.352. The van der Waals surface area contributed by atoms with Crippen LogP contribution in [0.15, 0.2) is 12.4 Å². The van der Waals surface area contributed by atoms with Crippen LogP contribution in [-0.2, 0) is 11.3 Å². The predicted octanol–water partition coefficient (Wildman–Crippen LogP) is 1.64. The van der Waals surface area contributed by atoms with Crippen molar-refractivity contribution in [3.05, 3.63) is 12.4 Å². The van der Waals surface area contributed by atoms with E-state index in [2.05, 4.69) is 21.5 Å². The Hall–Kier alpha value is -1.07. The molecule has 0 amide bonds. The van der Waals surface area contributed by atoms with E-state index < -0.39 is 0 Å². The lowest BCUT2D eigenvalue weighted by molar-refractivity contribution is 0.183. The minimum Gasteiger partial charge on any atom is -0.383 e. The summed E-state index contributed by atoms with van der Waals surface area (Å²) in [5, 5.41) is 8.26. The van der Waals surface area contributed by atoms with Crippen LogP contribution in [0.5, 0.6) is 0 Å². The molecule has 1 aliphatic carbocycles. The van der Waals surface area contributed by atoms with Gasteiger partial charge in [-0.15, -0.1) is 0 Å². The van der Waals surface area contributed by atoms with E-state index in [9.17, 15) is 0 Å². The number of nitrogens with one attached hydrogen (secondary N) is 1. The van der Waals surface area contributed by atoms with Crippen LogP contribution in [0.3, 0.4) is 0 Å². The van der Waals surface area contributed by atoms with Crippen LogP contribution in [0.1, 0.15) is 32.1 Å². The number of ether oxygens (including phenoxy) is 1. The average molecular weight is 278 g/mol. The Labute approximate surface area is 121 Å². The molecule has 0 atom stereocenters. The van der Waals surface area contributed by atoms with Gasteiger partial charge in [0.25, 0.3) is 0 Å². The number of nitrogens with zero attached hydrogens (tertiary/aromatic N) is 3. The molecule has 0 aromatic carbocycles. The Bertz CT molecular complexity index is 425. The standard InChI is InChI=1S/C15H26N4O/c1-20-10-9-19-12-14(11-17-19)18-8-4-7-16-15(13-18)5-2-3-6-15/h11-12,16H,2-10,13H2,1H3. The van der Waals surface area contributed by atoms with Gasteiger partial charge in [0.1, 0.15) is 0 Å². The molecule has 1 aromatic rings. The molecule has 1 aromatic heterocycles. The van der Waals surface area contributed by atoms with Gasteiger partial charge in [0, 0.05) is 31.9 Å². The molecule has 20 heavy (non-hydrogen) atoms. The minimum atomic E-state index is 0.352. The highest BCUT2D eigenvalue weighted by Gasteiger charge is 2.36. The van der Waals surface area contributed by atoms with Crippen LogP contribution in [0.25, 0.3) is 0 Å². The summed E-state index contributed by atoms with van der Waals surface area (Å²) >= 11 is 0. The molecule has 1 aliphatic heterocycles. The van der Waals surface area contributed by atoms with Crippen molar-refractivity contribution in [1.82, 2.24) is 15.1 Å². The smallest absolute Gasteiger partial charge is 0.0753 e. The molecule has 2 aliphatic rings. The van der Waals surface area contributed by atoms with Gasteiger partial charge >= 0.3 is 0 Å². The average Bonchev–Trinajstić information content (AvgIpc) is 3.04. The van der Waals surface area contributed by atoms with E-state index in [1.54, 1.807) is 7.11 Å². The van der Waals surface area contributed by atoms with Crippen molar-refractivity contribution in [1.29, 1.82) is 0 Å². The topological polar surface area (TPSA) is 42.3 Å². The summed E-state index contributed by atoms with van der Waals surface area (Å²) in [6, 6.07) is 0. The molecule has 1 N–H and O–H groups in total. The van der Waals surface area contributed by atoms with E-state index in [0.29, 0.717) is 12.1 Å². The third-order valence-electron chi connectivity index (χ3n) is 4.67. The van der Waals surface area contributed by atoms with Crippen LogP contribution >= 0.6 is 0 Å². The summed E-state index contributed by atoms with van der Waals surface area (Å²) in [4.78, 5) is 2.52. The van der Waals surface area contributed by atoms with Crippen LogP contribution < -0.4 is 10.2 Å². The van der Waals surface area contributed by atoms with Crippen molar-refractivity contribution in [2.24, 2.45) is 0 Å². The van der Waals surface area contributed by atoms with E-state index >= 15 is 0 Å². The molecule has 0 radical (unpaired) electrons. The zero-order valence-corrected chi connectivity index (χ0v) is 12.5. The fourth-order valence-electron chi connectivity index (χ4n) is 3.55. The largest absolute Gasteiger partial charge is 0.383 e. The second-order valence-corrected chi connectivity index (χ2v) is 6.14.